The molecule has 1 aliphatic rings. The summed E-state index contributed by atoms with van der Waals surface area (Å²) in [6.45, 7) is 5.76. The van der Waals surface area contributed by atoms with Crippen LogP contribution in [0.1, 0.15) is 11.1 Å². The third-order valence-electron chi connectivity index (χ3n) is 4.07. The lowest BCUT2D eigenvalue weighted by Crippen LogP contribution is -2.54. The van der Waals surface area contributed by atoms with Crippen molar-refractivity contribution in [1.29, 1.82) is 0 Å². The first kappa shape index (κ1) is 19.4. The molecule has 142 valence electrons. The van der Waals surface area contributed by atoms with Gasteiger partial charge in [-0.1, -0.05) is 42.5 Å². The molecule has 28 heavy (non-hydrogen) atoms. The molecule has 7 heteroatoms. The number of hydrogen-bond donors (Lipinski definition) is 1. The van der Waals surface area contributed by atoms with Crippen LogP contribution in [0.3, 0.4) is 0 Å². The van der Waals surface area contributed by atoms with Gasteiger partial charge in [-0.3, -0.25) is 14.9 Å². The maximum absolute atomic E-state index is 12.9. The Bertz CT molecular complexity index is 996. The molecule has 1 saturated heterocycles. The molecule has 1 heterocycles. The molecule has 1 fully saturated rings. The number of nitrogens with zero attached hydrogens (tertiary/aromatic N) is 1. The molecule has 0 unspecified atom stereocenters. The number of nitrogens with one attached hydrogen (secondary N) is 1. The topological polar surface area (TPSA) is 75.7 Å². The van der Waals surface area contributed by atoms with Gasteiger partial charge in [-0.25, -0.2) is 9.69 Å². The van der Waals surface area contributed by atoms with Gasteiger partial charge in [-0.15, -0.1) is 0 Å². The Morgan fingerprint density at radius 2 is 1.86 bits per heavy atom. The van der Waals surface area contributed by atoms with E-state index in [1.54, 1.807) is 42.5 Å². The number of halogens is 1. The quantitative estimate of drug-likeness (QED) is 0.472. The number of carbonyl (C=O) groups excluding carboxylic acids is 3. The summed E-state index contributed by atoms with van der Waals surface area (Å²) in [6, 6.07) is 10.8. The van der Waals surface area contributed by atoms with Crippen molar-refractivity contribution in [2.24, 2.45) is 0 Å². The van der Waals surface area contributed by atoms with Gasteiger partial charge in [0.2, 0.25) is 0 Å². The zero-order chi connectivity index (χ0) is 20.3. The van der Waals surface area contributed by atoms with Gasteiger partial charge in [0, 0.05) is 5.02 Å². The third-order valence-corrected chi connectivity index (χ3v) is 4.48. The summed E-state index contributed by atoms with van der Waals surface area (Å²) in [5.41, 5.74) is 1.54. The Morgan fingerprint density at radius 3 is 2.50 bits per heavy atom. The Kier molecular flexibility index (Phi) is 5.61. The zero-order valence-corrected chi connectivity index (χ0v) is 15.8. The molecule has 0 bridgehead atoms. The van der Waals surface area contributed by atoms with Crippen LogP contribution >= 0.6 is 11.6 Å². The molecule has 0 spiro atoms. The Balaban J connectivity index is 1.91. The summed E-state index contributed by atoms with van der Waals surface area (Å²) >= 11 is 6.11. The maximum Gasteiger partial charge on any atom is 0.335 e. The number of aryl methyl sites for hydroxylation is 1. The summed E-state index contributed by atoms with van der Waals surface area (Å²) in [6.07, 6.45) is 3.05. The second kappa shape index (κ2) is 8.10. The number of imide groups is 2. The molecule has 0 aromatic heterocycles. The first-order valence-electron chi connectivity index (χ1n) is 8.42. The highest BCUT2D eigenvalue weighted by atomic mass is 35.5. The summed E-state index contributed by atoms with van der Waals surface area (Å²) in [4.78, 5) is 38.2. The van der Waals surface area contributed by atoms with E-state index in [-0.39, 0.29) is 11.3 Å². The molecule has 2 aromatic rings. The SMILES string of the molecule is C=CCOc1ccc(/C=C2/C(=O)NC(=O)N(c3ccc(C)c(Cl)c3)C2=O)cc1. The number of benzene rings is 2. The first-order valence-corrected chi connectivity index (χ1v) is 8.80. The first-order chi connectivity index (χ1) is 13.4. The Hall–Kier alpha value is -3.38. The van der Waals surface area contributed by atoms with Crippen molar-refractivity contribution in [2.75, 3.05) is 11.5 Å². The number of anilines is 1. The molecule has 4 amide bonds. The number of rotatable bonds is 5. The lowest BCUT2D eigenvalue weighted by molar-refractivity contribution is -0.122. The number of amides is 4. The van der Waals surface area contributed by atoms with Crippen molar-refractivity contribution in [3.8, 4) is 5.75 Å². The van der Waals surface area contributed by atoms with E-state index in [0.717, 1.165) is 10.5 Å². The number of hydrogen-bond acceptors (Lipinski definition) is 4. The van der Waals surface area contributed by atoms with E-state index in [1.807, 2.05) is 6.92 Å². The number of ether oxygens (including phenoxy) is 1. The van der Waals surface area contributed by atoms with Crippen LogP contribution in [-0.2, 0) is 9.59 Å². The van der Waals surface area contributed by atoms with Crippen molar-refractivity contribution < 1.29 is 19.1 Å². The Morgan fingerprint density at radius 1 is 1.14 bits per heavy atom. The molecule has 3 rings (SSSR count). The monoisotopic (exact) mass is 396 g/mol. The van der Waals surface area contributed by atoms with Crippen LogP contribution in [0.4, 0.5) is 10.5 Å². The standard InChI is InChI=1S/C21H17ClN2O4/c1-3-10-28-16-8-5-14(6-9-16)11-17-19(25)23-21(27)24(20(17)26)15-7-4-13(2)18(22)12-15/h3-9,11-12H,1,10H2,2H3,(H,23,25,27)/b17-11-. The molecule has 1 N–H and O–H groups in total. The van der Waals surface area contributed by atoms with Crippen molar-refractivity contribution in [3.63, 3.8) is 0 Å². The molecule has 0 aliphatic carbocycles. The highest BCUT2D eigenvalue weighted by molar-refractivity contribution is 6.39. The van der Waals surface area contributed by atoms with Crippen LogP contribution in [0, 0.1) is 6.92 Å². The Labute approximate surface area is 167 Å². The highest BCUT2D eigenvalue weighted by Crippen LogP contribution is 2.27. The molecule has 0 atom stereocenters. The van der Waals surface area contributed by atoms with E-state index in [4.69, 9.17) is 16.3 Å². The minimum atomic E-state index is -0.819. The van der Waals surface area contributed by atoms with Crippen molar-refractivity contribution in [3.05, 3.63) is 76.8 Å². The number of urea groups is 1. The van der Waals surface area contributed by atoms with Crippen LogP contribution in [0.15, 0.2) is 60.7 Å². The van der Waals surface area contributed by atoms with Crippen LogP contribution in [0.5, 0.6) is 5.75 Å². The average Bonchev–Trinajstić information content (AvgIpc) is 2.67. The number of barbiturate groups is 1. The fourth-order valence-corrected chi connectivity index (χ4v) is 2.77. The second-order valence-electron chi connectivity index (χ2n) is 6.06. The third kappa shape index (κ3) is 3.97. The molecular formula is C21H17ClN2O4. The summed E-state index contributed by atoms with van der Waals surface area (Å²) < 4.78 is 5.40. The average molecular weight is 397 g/mol. The highest BCUT2D eigenvalue weighted by Gasteiger charge is 2.36. The molecule has 0 saturated carbocycles. The van der Waals surface area contributed by atoms with Gasteiger partial charge in [0.1, 0.15) is 17.9 Å². The van der Waals surface area contributed by atoms with Crippen LogP contribution in [-0.4, -0.2) is 24.5 Å². The second-order valence-corrected chi connectivity index (χ2v) is 6.47. The smallest absolute Gasteiger partial charge is 0.335 e. The predicted octanol–water partition coefficient (Wildman–Crippen LogP) is 3.88. The summed E-state index contributed by atoms with van der Waals surface area (Å²) in [7, 11) is 0. The normalized spacial score (nSPS) is 15.6. The lowest BCUT2D eigenvalue weighted by atomic mass is 10.1. The van der Waals surface area contributed by atoms with Gasteiger partial charge in [-0.05, 0) is 48.4 Å². The van der Waals surface area contributed by atoms with E-state index in [0.29, 0.717) is 22.9 Å². The summed E-state index contributed by atoms with van der Waals surface area (Å²) in [5.74, 6) is -0.843. The van der Waals surface area contributed by atoms with Crippen LogP contribution in [0.2, 0.25) is 5.02 Å². The lowest BCUT2D eigenvalue weighted by Gasteiger charge is -2.26. The summed E-state index contributed by atoms with van der Waals surface area (Å²) in [5, 5.41) is 2.59. The zero-order valence-electron chi connectivity index (χ0n) is 15.1. The van der Waals surface area contributed by atoms with Crippen LogP contribution < -0.4 is 15.0 Å². The number of carbonyl (C=O) groups is 3. The van der Waals surface area contributed by atoms with Gasteiger partial charge in [0.25, 0.3) is 11.8 Å². The minimum absolute atomic E-state index is 0.156. The van der Waals surface area contributed by atoms with Gasteiger partial charge < -0.3 is 4.74 Å². The van der Waals surface area contributed by atoms with E-state index in [1.165, 1.54) is 12.1 Å². The van der Waals surface area contributed by atoms with Crippen LogP contribution in [0.25, 0.3) is 6.08 Å². The fourth-order valence-electron chi connectivity index (χ4n) is 2.59. The molecule has 1 aliphatic heterocycles. The molecule has 2 aromatic carbocycles. The fraction of sp³-hybridized carbons (Fsp3) is 0.0952. The van der Waals surface area contributed by atoms with Crippen molar-refractivity contribution in [2.45, 2.75) is 6.92 Å². The van der Waals surface area contributed by atoms with Gasteiger partial charge in [-0.2, -0.15) is 0 Å². The van der Waals surface area contributed by atoms with Crippen molar-refractivity contribution >= 4 is 41.2 Å². The van der Waals surface area contributed by atoms with Gasteiger partial charge in [0.05, 0.1) is 5.69 Å². The predicted molar refractivity (Wildman–Crippen MR) is 107 cm³/mol. The maximum atomic E-state index is 12.9. The minimum Gasteiger partial charge on any atom is -0.490 e. The molecular weight excluding hydrogens is 380 g/mol. The van der Waals surface area contributed by atoms with E-state index in [9.17, 15) is 14.4 Å². The largest absolute Gasteiger partial charge is 0.490 e. The molecule has 0 radical (unpaired) electrons. The van der Waals surface area contributed by atoms with E-state index in [2.05, 4.69) is 11.9 Å². The van der Waals surface area contributed by atoms with Crippen molar-refractivity contribution in [1.82, 2.24) is 5.32 Å². The molecule has 6 nitrogen and oxygen atoms in total. The van der Waals surface area contributed by atoms with E-state index >= 15 is 0 Å². The van der Waals surface area contributed by atoms with Gasteiger partial charge in [0.15, 0.2) is 0 Å². The van der Waals surface area contributed by atoms with Gasteiger partial charge >= 0.3 is 6.03 Å². The van der Waals surface area contributed by atoms with E-state index < -0.39 is 17.8 Å².